The van der Waals surface area contributed by atoms with E-state index in [1.54, 1.807) is 16.3 Å². The van der Waals surface area contributed by atoms with Crippen LogP contribution in [0.4, 0.5) is 0 Å². The van der Waals surface area contributed by atoms with Crippen molar-refractivity contribution in [2.24, 2.45) is 0 Å². The number of thiophene rings is 1. The number of rotatable bonds is 5. The van der Waals surface area contributed by atoms with Crippen molar-refractivity contribution < 1.29 is 4.79 Å². The van der Waals surface area contributed by atoms with Gasteiger partial charge in [-0.05, 0) is 55.3 Å². The molecule has 1 saturated heterocycles. The smallest absolute Gasteiger partial charge is 0.272 e. The van der Waals surface area contributed by atoms with E-state index in [9.17, 15) is 9.59 Å². The fraction of sp³-hybridized carbons (Fsp3) is 0.381. The summed E-state index contributed by atoms with van der Waals surface area (Å²) >= 11 is 2.98. The normalized spacial score (nSPS) is 14.5. The third kappa shape index (κ3) is 3.86. The molecule has 28 heavy (non-hydrogen) atoms. The zero-order valence-corrected chi connectivity index (χ0v) is 17.5. The third-order valence-electron chi connectivity index (χ3n) is 5.03. The third-order valence-corrected chi connectivity index (χ3v) is 6.97. The zero-order valence-electron chi connectivity index (χ0n) is 15.9. The zero-order chi connectivity index (χ0) is 19.5. The maximum atomic E-state index is 12.8. The second kappa shape index (κ2) is 8.49. The second-order valence-electron chi connectivity index (χ2n) is 6.92. The molecule has 0 atom stereocenters. The van der Waals surface area contributed by atoms with E-state index in [0.29, 0.717) is 17.0 Å². The summed E-state index contributed by atoms with van der Waals surface area (Å²) in [5.74, 6) is 0.790. The van der Waals surface area contributed by atoms with Crippen molar-refractivity contribution in [2.75, 3.05) is 13.1 Å². The quantitative estimate of drug-likeness (QED) is 0.460. The van der Waals surface area contributed by atoms with E-state index in [1.807, 2.05) is 47.5 Å². The lowest BCUT2D eigenvalue weighted by atomic mass is 10.1. The number of carbonyl (C=O) groups excluding carboxylic acids is 1. The molecule has 7 heteroatoms. The molecule has 3 heterocycles. The van der Waals surface area contributed by atoms with Crippen molar-refractivity contribution in [1.82, 2.24) is 14.5 Å². The molecule has 1 aromatic carbocycles. The number of likely N-dealkylation sites (tertiary alicyclic amines) is 1. The molecule has 1 aliphatic heterocycles. The van der Waals surface area contributed by atoms with Gasteiger partial charge in [-0.1, -0.05) is 23.9 Å². The van der Waals surface area contributed by atoms with Crippen LogP contribution >= 0.6 is 23.1 Å². The van der Waals surface area contributed by atoms with E-state index in [0.717, 1.165) is 47.7 Å². The Bertz CT molecular complexity index is 1050. The van der Waals surface area contributed by atoms with E-state index >= 15 is 0 Å². The average molecular weight is 414 g/mol. The van der Waals surface area contributed by atoms with Crippen LogP contribution in [0.3, 0.4) is 0 Å². The number of thioether (sulfide) groups is 1. The predicted molar refractivity (Wildman–Crippen MR) is 115 cm³/mol. The minimum Gasteiger partial charge on any atom is -0.339 e. The van der Waals surface area contributed by atoms with Crippen molar-refractivity contribution >= 4 is 39.2 Å². The summed E-state index contributed by atoms with van der Waals surface area (Å²) < 4.78 is 2.44. The first kappa shape index (κ1) is 19.2. The Hall–Kier alpha value is -2.12. The van der Waals surface area contributed by atoms with E-state index < -0.39 is 0 Å². The molecule has 3 aromatic rings. The maximum absolute atomic E-state index is 12.8. The monoisotopic (exact) mass is 413 g/mol. The summed E-state index contributed by atoms with van der Waals surface area (Å²) in [6.45, 7) is 4.26. The minimum atomic E-state index is 0.0269. The number of aromatic nitrogens is 2. The molecule has 0 bridgehead atoms. The largest absolute Gasteiger partial charge is 0.339 e. The molecule has 4 rings (SSSR count). The molecular weight excluding hydrogens is 390 g/mol. The number of amides is 1. The van der Waals surface area contributed by atoms with Gasteiger partial charge in [0, 0.05) is 31.0 Å². The lowest BCUT2D eigenvalue weighted by Crippen LogP contribution is -2.35. The maximum Gasteiger partial charge on any atom is 0.272 e. The predicted octanol–water partition coefficient (Wildman–Crippen LogP) is 4.40. The lowest BCUT2D eigenvalue weighted by molar-refractivity contribution is 0.0724. The Morgan fingerprint density at radius 2 is 2.04 bits per heavy atom. The van der Waals surface area contributed by atoms with Gasteiger partial charge in [0.15, 0.2) is 5.16 Å². The van der Waals surface area contributed by atoms with Gasteiger partial charge < -0.3 is 4.90 Å². The minimum absolute atomic E-state index is 0.0269. The fourth-order valence-corrected chi connectivity index (χ4v) is 5.32. The number of carbonyl (C=O) groups is 1. The topological polar surface area (TPSA) is 55.2 Å². The SMILES string of the molecule is CCn1c(SCc2cccc(C(=O)N3CCCCC3)c2)nc2ccsc2c1=O. The van der Waals surface area contributed by atoms with Crippen LogP contribution in [-0.2, 0) is 12.3 Å². The number of hydrogen-bond donors (Lipinski definition) is 0. The molecule has 0 N–H and O–H groups in total. The first-order valence-electron chi connectivity index (χ1n) is 9.66. The summed E-state index contributed by atoms with van der Waals surface area (Å²) in [6, 6.07) is 9.72. The first-order chi connectivity index (χ1) is 13.7. The highest BCUT2D eigenvalue weighted by molar-refractivity contribution is 7.98. The lowest BCUT2D eigenvalue weighted by Gasteiger charge is -2.26. The van der Waals surface area contributed by atoms with Gasteiger partial charge in [0.25, 0.3) is 11.5 Å². The Kier molecular flexibility index (Phi) is 5.82. The molecule has 5 nitrogen and oxygen atoms in total. The van der Waals surface area contributed by atoms with Crippen LogP contribution in [0.2, 0.25) is 0 Å². The van der Waals surface area contributed by atoms with Crippen molar-refractivity contribution in [3.8, 4) is 0 Å². The van der Waals surface area contributed by atoms with Crippen LogP contribution in [0.5, 0.6) is 0 Å². The Labute approximate surface area is 172 Å². The van der Waals surface area contributed by atoms with E-state index in [-0.39, 0.29) is 11.5 Å². The standard InChI is InChI=1S/C21H23N3O2S2/c1-2-24-20(26)18-17(9-12-27-18)22-21(24)28-14-15-7-6-8-16(13-15)19(25)23-10-4-3-5-11-23/h6-9,12-13H,2-5,10-11,14H2,1H3. The summed E-state index contributed by atoms with van der Waals surface area (Å²) in [5, 5.41) is 2.63. The molecule has 0 saturated carbocycles. The molecule has 0 spiro atoms. The Morgan fingerprint density at radius 3 is 2.82 bits per heavy atom. The summed E-state index contributed by atoms with van der Waals surface area (Å²) in [4.78, 5) is 32.0. The van der Waals surface area contributed by atoms with Gasteiger partial charge in [0.05, 0.1) is 5.52 Å². The number of benzene rings is 1. The number of piperidine rings is 1. The molecule has 0 unspecified atom stereocenters. The second-order valence-corrected chi connectivity index (χ2v) is 8.78. The van der Waals surface area contributed by atoms with E-state index in [2.05, 4.69) is 4.98 Å². The number of hydrogen-bond acceptors (Lipinski definition) is 5. The Morgan fingerprint density at radius 1 is 1.21 bits per heavy atom. The highest BCUT2D eigenvalue weighted by Gasteiger charge is 2.18. The highest BCUT2D eigenvalue weighted by Crippen LogP contribution is 2.24. The van der Waals surface area contributed by atoms with Crippen molar-refractivity contribution in [3.05, 3.63) is 57.2 Å². The Balaban J connectivity index is 1.53. The van der Waals surface area contributed by atoms with Crippen LogP contribution < -0.4 is 5.56 Å². The van der Waals surface area contributed by atoms with Crippen molar-refractivity contribution in [2.45, 2.75) is 43.6 Å². The van der Waals surface area contributed by atoms with Gasteiger partial charge in [-0.2, -0.15) is 0 Å². The summed E-state index contributed by atoms with van der Waals surface area (Å²) in [5.41, 5.74) is 2.60. The molecule has 146 valence electrons. The molecule has 1 amide bonds. The molecule has 1 fully saturated rings. The van der Waals surface area contributed by atoms with Crippen LogP contribution in [-0.4, -0.2) is 33.4 Å². The van der Waals surface area contributed by atoms with Gasteiger partial charge in [-0.3, -0.25) is 14.2 Å². The molecule has 0 aliphatic carbocycles. The number of fused-ring (bicyclic) bond motifs is 1. The first-order valence-corrected chi connectivity index (χ1v) is 11.5. The summed E-state index contributed by atoms with van der Waals surface area (Å²) in [6.07, 6.45) is 3.39. The van der Waals surface area contributed by atoms with Crippen LogP contribution in [0.25, 0.3) is 10.2 Å². The highest BCUT2D eigenvalue weighted by atomic mass is 32.2. The van der Waals surface area contributed by atoms with Crippen molar-refractivity contribution in [3.63, 3.8) is 0 Å². The van der Waals surface area contributed by atoms with Crippen LogP contribution in [0.15, 0.2) is 45.7 Å². The molecule has 1 aliphatic rings. The average Bonchev–Trinajstić information content (AvgIpc) is 3.21. The fourth-order valence-electron chi connectivity index (χ4n) is 3.53. The number of nitrogens with zero attached hydrogens (tertiary/aromatic N) is 3. The van der Waals surface area contributed by atoms with Gasteiger partial charge >= 0.3 is 0 Å². The van der Waals surface area contributed by atoms with Crippen LogP contribution in [0.1, 0.15) is 42.1 Å². The van der Waals surface area contributed by atoms with Gasteiger partial charge in [0.1, 0.15) is 4.70 Å². The molecule has 0 radical (unpaired) electrons. The van der Waals surface area contributed by atoms with Gasteiger partial charge in [0.2, 0.25) is 0 Å². The summed E-state index contributed by atoms with van der Waals surface area (Å²) in [7, 11) is 0. The molecular formula is C21H23N3O2S2. The van der Waals surface area contributed by atoms with Crippen LogP contribution in [0, 0.1) is 0 Å². The van der Waals surface area contributed by atoms with Gasteiger partial charge in [-0.25, -0.2) is 4.98 Å². The van der Waals surface area contributed by atoms with Crippen molar-refractivity contribution in [1.29, 1.82) is 0 Å². The van der Waals surface area contributed by atoms with E-state index in [1.165, 1.54) is 17.8 Å². The van der Waals surface area contributed by atoms with Gasteiger partial charge in [-0.15, -0.1) is 11.3 Å². The molecule has 2 aromatic heterocycles. The van der Waals surface area contributed by atoms with E-state index in [4.69, 9.17) is 0 Å².